The molecule has 33 heavy (non-hydrogen) atoms. The number of nitrogens with zero attached hydrogens (tertiary/aromatic N) is 4. The Balaban J connectivity index is 1.24. The minimum absolute atomic E-state index is 0.592. The second-order valence-corrected chi connectivity index (χ2v) is 9.01. The number of nitrogens with one attached hydrogen (secondary N) is 2. The van der Waals surface area contributed by atoms with E-state index in [0.717, 1.165) is 59.1 Å². The summed E-state index contributed by atoms with van der Waals surface area (Å²) in [5.74, 6) is 0.592. The molecule has 1 aliphatic rings. The Kier molecular flexibility index (Phi) is 6.58. The van der Waals surface area contributed by atoms with Gasteiger partial charge >= 0.3 is 0 Å². The molecule has 0 spiro atoms. The van der Waals surface area contributed by atoms with Gasteiger partial charge in [0.2, 0.25) is 5.95 Å². The molecule has 0 aliphatic carbocycles. The minimum atomic E-state index is 0.592. The van der Waals surface area contributed by atoms with Gasteiger partial charge in [-0.3, -0.25) is 4.90 Å². The number of rotatable bonds is 7. The highest BCUT2D eigenvalue weighted by molar-refractivity contribution is 6.30. The third-order valence-electron chi connectivity index (χ3n) is 6.29. The monoisotopic (exact) mass is 460 g/mol. The van der Waals surface area contributed by atoms with Crippen LogP contribution in [-0.4, -0.2) is 57.5 Å². The quantitative estimate of drug-likeness (QED) is 0.405. The zero-order valence-corrected chi connectivity index (χ0v) is 19.6. The number of hydrogen-bond acceptors (Lipinski definition) is 5. The normalized spacial score (nSPS) is 15.2. The fraction of sp³-hybridized carbons (Fsp3) is 0.308. The zero-order chi connectivity index (χ0) is 22.6. The van der Waals surface area contributed by atoms with E-state index >= 15 is 0 Å². The number of likely N-dealkylation sites (N-methyl/N-ethyl adjacent to an activating group) is 1. The van der Waals surface area contributed by atoms with Gasteiger partial charge in [0.25, 0.3) is 0 Å². The van der Waals surface area contributed by atoms with Crippen molar-refractivity contribution in [2.45, 2.75) is 20.0 Å². The van der Waals surface area contributed by atoms with Crippen LogP contribution >= 0.6 is 11.6 Å². The molecule has 5 rings (SSSR count). The zero-order valence-electron chi connectivity index (χ0n) is 18.9. The van der Waals surface area contributed by atoms with Gasteiger partial charge in [0.15, 0.2) is 0 Å². The van der Waals surface area contributed by atoms with Crippen LogP contribution in [0.25, 0.3) is 22.3 Å². The molecule has 4 aromatic rings. The number of fused-ring (bicyclic) bond motifs is 1. The van der Waals surface area contributed by atoms with E-state index < -0.39 is 0 Å². The molecule has 170 valence electrons. The maximum absolute atomic E-state index is 6.07. The van der Waals surface area contributed by atoms with Crippen molar-refractivity contribution in [2.24, 2.45) is 0 Å². The summed E-state index contributed by atoms with van der Waals surface area (Å²) in [6.07, 6.45) is 1.85. The highest BCUT2D eigenvalue weighted by Gasteiger charge is 2.15. The van der Waals surface area contributed by atoms with E-state index in [-0.39, 0.29) is 0 Å². The first-order valence-corrected chi connectivity index (χ1v) is 11.9. The molecule has 2 aromatic carbocycles. The number of halogens is 1. The van der Waals surface area contributed by atoms with Crippen LogP contribution in [0, 0.1) is 0 Å². The van der Waals surface area contributed by atoms with Crippen LogP contribution in [0.4, 0.5) is 5.95 Å². The summed E-state index contributed by atoms with van der Waals surface area (Å²) < 4.78 is 0. The Morgan fingerprint density at radius 1 is 0.970 bits per heavy atom. The van der Waals surface area contributed by atoms with Gasteiger partial charge in [-0.1, -0.05) is 54.9 Å². The summed E-state index contributed by atoms with van der Waals surface area (Å²) in [4.78, 5) is 17.6. The molecule has 0 unspecified atom stereocenters. The molecule has 0 amide bonds. The van der Waals surface area contributed by atoms with E-state index in [1.54, 1.807) is 0 Å². The lowest BCUT2D eigenvalue weighted by Crippen LogP contribution is -2.45. The second kappa shape index (κ2) is 9.91. The van der Waals surface area contributed by atoms with Crippen molar-refractivity contribution >= 4 is 28.6 Å². The van der Waals surface area contributed by atoms with Gasteiger partial charge in [-0.15, -0.1) is 0 Å². The predicted molar refractivity (Wildman–Crippen MR) is 135 cm³/mol. The Morgan fingerprint density at radius 3 is 2.52 bits per heavy atom. The van der Waals surface area contributed by atoms with Crippen molar-refractivity contribution in [2.75, 3.05) is 38.0 Å². The molecule has 0 saturated carbocycles. The molecule has 6 nitrogen and oxygen atoms in total. The van der Waals surface area contributed by atoms with Gasteiger partial charge in [0, 0.05) is 61.6 Å². The molecule has 3 heterocycles. The summed E-state index contributed by atoms with van der Waals surface area (Å²) in [6.45, 7) is 9.64. The SMILES string of the molecule is CCN1CCN(Cc2ccc(-c3cc4cnc(NCc5cccc(Cl)c5)nc4[nH]3)cc2)CC1. The number of piperazine rings is 1. The standard InChI is InChI=1S/C26H29ClN6/c1-2-32-10-12-33(13-11-32)18-19-6-8-21(9-7-19)24-15-22-17-29-26(31-25(22)30-24)28-16-20-4-3-5-23(27)14-20/h3-9,14-15,17H,2,10-13,16,18H2,1H3,(H2,28,29,30,31). The first kappa shape index (κ1) is 21.9. The molecule has 1 fully saturated rings. The highest BCUT2D eigenvalue weighted by Crippen LogP contribution is 2.24. The summed E-state index contributed by atoms with van der Waals surface area (Å²) in [6, 6.07) is 18.7. The topological polar surface area (TPSA) is 60.1 Å². The fourth-order valence-electron chi connectivity index (χ4n) is 4.30. The van der Waals surface area contributed by atoms with Crippen LogP contribution in [-0.2, 0) is 13.1 Å². The number of anilines is 1. The molecule has 0 radical (unpaired) electrons. The van der Waals surface area contributed by atoms with Crippen molar-refractivity contribution in [1.29, 1.82) is 0 Å². The smallest absolute Gasteiger partial charge is 0.224 e. The van der Waals surface area contributed by atoms with Crippen LogP contribution in [0.3, 0.4) is 0 Å². The Morgan fingerprint density at radius 2 is 1.76 bits per heavy atom. The van der Waals surface area contributed by atoms with Crippen LogP contribution in [0.2, 0.25) is 5.02 Å². The third kappa shape index (κ3) is 5.36. The van der Waals surface area contributed by atoms with Gasteiger partial charge in [0.1, 0.15) is 5.65 Å². The van der Waals surface area contributed by atoms with E-state index in [0.29, 0.717) is 12.5 Å². The van der Waals surface area contributed by atoms with E-state index in [9.17, 15) is 0 Å². The van der Waals surface area contributed by atoms with Crippen molar-refractivity contribution < 1.29 is 0 Å². The molecular formula is C26H29ClN6. The van der Waals surface area contributed by atoms with Crippen LogP contribution < -0.4 is 5.32 Å². The molecule has 2 N–H and O–H groups in total. The molecule has 0 bridgehead atoms. The van der Waals surface area contributed by atoms with Gasteiger partial charge in [-0.2, -0.15) is 4.98 Å². The number of aromatic nitrogens is 3. The molecule has 1 saturated heterocycles. The lowest BCUT2D eigenvalue weighted by molar-refractivity contribution is 0.132. The average Bonchev–Trinajstić information content (AvgIpc) is 3.27. The lowest BCUT2D eigenvalue weighted by Gasteiger charge is -2.34. The average molecular weight is 461 g/mol. The van der Waals surface area contributed by atoms with E-state index in [1.165, 1.54) is 18.7 Å². The van der Waals surface area contributed by atoms with Crippen LogP contribution in [0.5, 0.6) is 0 Å². The Bertz CT molecular complexity index is 1210. The second-order valence-electron chi connectivity index (χ2n) is 8.57. The van der Waals surface area contributed by atoms with Gasteiger partial charge in [-0.25, -0.2) is 4.98 Å². The lowest BCUT2D eigenvalue weighted by atomic mass is 10.1. The first-order chi connectivity index (χ1) is 16.2. The fourth-order valence-corrected chi connectivity index (χ4v) is 4.51. The largest absolute Gasteiger partial charge is 0.350 e. The van der Waals surface area contributed by atoms with Gasteiger partial charge in [-0.05, 0) is 41.4 Å². The van der Waals surface area contributed by atoms with Crippen molar-refractivity contribution in [3.05, 3.63) is 76.9 Å². The van der Waals surface area contributed by atoms with Crippen molar-refractivity contribution in [3.8, 4) is 11.3 Å². The Hall–Kier alpha value is -2.93. The van der Waals surface area contributed by atoms with Crippen LogP contribution in [0.1, 0.15) is 18.1 Å². The molecule has 1 aliphatic heterocycles. The van der Waals surface area contributed by atoms with E-state index in [4.69, 9.17) is 11.6 Å². The van der Waals surface area contributed by atoms with Crippen LogP contribution in [0.15, 0.2) is 60.8 Å². The van der Waals surface area contributed by atoms with Crippen molar-refractivity contribution in [1.82, 2.24) is 24.8 Å². The molecule has 7 heteroatoms. The van der Waals surface area contributed by atoms with Crippen molar-refractivity contribution in [3.63, 3.8) is 0 Å². The highest BCUT2D eigenvalue weighted by atomic mass is 35.5. The summed E-state index contributed by atoms with van der Waals surface area (Å²) in [5, 5.41) is 5.00. The third-order valence-corrected chi connectivity index (χ3v) is 6.53. The Labute approximate surface area is 199 Å². The predicted octanol–water partition coefficient (Wildman–Crippen LogP) is 5.03. The number of hydrogen-bond donors (Lipinski definition) is 2. The summed E-state index contributed by atoms with van der Waals surface area (Å²) in [5.41, 5.74) is 5.47. The molecule has 2 aromatic heterocycles. The summed E-state index contributed by atoms with van der Waals surface area (Å²) in [7, 11) is 0. The first-order valence-electron chi connectivity index (χ1n) is 11.5. The van der Waals surface area contributed by atoms with E-state index in [2.05, 4.69) is 67.3 Å². The molecular weight excluding hydrogens is 432 g/mol. The molecule has 0 atom stereocenters. The summed E-state index contributed by atoms with van der Waals surface area (Å²) >= 11 is 6.07. The van der Waals surface area contributed by atoms with Gasteiger partial charge in [0.05, 0.1) is 0 Å². The van der Waals surface area contributed by atoms with E-state index in [1.807, 2.05) is 30.5 Å². The maximum Gasteiger partial charge on any atom is 0.224 e. The number of benzene rings is 2. The maximum atomic E-state index is 6.07. The number of aromatic amines is 1. The minimum Gasteiger partial charge on any atom is -0.350 e. The van der Waals surface area contributed by atoms with Gasteiger partial charge < -0.3 is 15.2 Å². The number of H-pyrrole nitrogens is 1.